The van der Waals surface area contributed by atoms with Gasteiger partial charge in [0.1, 0.15) is 0 Å². The first-order valence-corrected chi connectivity index (χ1v) is 0.224. The average Bonchev–Trinajstić information content (AvgIpc) is 1.00. The Balaban J connectivity index is -0.00000000500. The maximum atomic E-state index is 6.25. The van der Waals surface area contributed by atoms with Gasteiger partial charge in [0.15, 0.2) is 0 Å². The summed E-state index contributed by atoms with van der Waals surface area (Å²) < 4.78 is 0. The Kier molecular flexibility index (Phi) is 93.6. The maximum absolute atomic E-state index is 6.25. The summed E-state index contributed by atoms with van der Waals surface area (Å²) in [6.07, 6.45) is 0. The van der Waals surface area contributed by atoms with Crippen LogP contribution in [0.4, 0.5) is 0 Å². The molecule has 0 unspecified atom stereocenters. The van der Waals surface area contributed by atoms with Gasteiger partial charge in [0.05, 0.1) is 0 Å². The van der Waals surface area contributed by atoms with Gasteiger partial charge in [-0.3, -0.25) is 0 Å². The van der Waals surface area contributed by atoms with E-state index in [0.717, 1.165) is 0 Å². The smallest absolute Gasteiger partial charge is 0.512 e. The van der Waals surface area contributed by atoms with E-state index in [2.05, 4.69) is 0 Å². The van der Waals surface area contributed by atoms with Gasteiger partial charge < -0.3 is 11.8 Å². The van der Waals surface area contributed by atoms with Crippen molar-refractivity contribution < 1.29 is 70.9 Å². The zero-order chi connectivity index (χ0) is 2.00. The van der Waals surface area contributed by atoms with Crippen LogP contribution in [0.5, 0.6) is 0 Å². The Labute approximate surface area is 80.9 Å². The van der Waals surface area contributed by atoms with Crippen molar-refractivity contribution in [3.8, 4) is 0 Å². The van der Waals surface area contributed by atoms with E-state index in [-0.39, 0.29) is 70.9 Å². The molecule has 0 bridgehead atoms. The second-order valence-corrected chi connectivity index (χ2v) is 0. The van der Waals surface area contributed by atoms with E-state index in [9.17, 15) is 0 Å². The second-order valence-electron chi connectivity index (χ2n) is 0. The van der Waals surface area contributed by atoms with Crippen molar-refractivity contribution in [2.24, 2.45) is 0 Å². The van der Waals surface area contributed by atoms with Crippen LogP contribution in [0.2, 0.25) is 0 Å². The fourth-order valence-corrected chi connectivity index (χ4v) is 0. The molecule has 0 saturated heterocycles. The van der Waals surface area contributed by atoms with Gasteiger partial charge in [-0.2, -0.15) is 0 Å². The first-order valence-electron chi connectivity index (χ1n) is 0.224. The zero-order valence-corrected chi connectivity index (χ0v) is 7.16. The van der Waals surface area contributed by atoms with E-state index in [1.807, 2.05) is 0 Å². The predicted molar refractivity (Wildman–Crippen MR) is 4.97 cm³/mol. The normalized spacial score (nSPS) is 0.500. The largest absolute Gasteiger partial charge is 1.00 e. The van der Waals surface area contributed by atoms with Crippen molar-refractivity contribution >= 4 is 0 Å². The van der Waals surface area contributed by atoms with Crippen LogP contribution < -0.4 is 51.4 Å². The third-order valence-electron chi connectivity index (χ3n) is 0. The van der Waals surface area contributed by atoms with Crippen LogP contribution >= 0.6 is 0 Å². The molecule has 0 aliphatic rings. The first kappa shape index (κ1) is 17.2. The summed E-state index contributed by atoms with van der Waals surface area (Å²) >= 11 is 0. The van der Waals surface area contributed by atoms with Crippen LogP contribution in [0.15, 0.2) is 0 Å². The Bertz CT molecular complexity index is 12.8. The summed E-state index contributed by atoms with van der Waals surface area (Å²) in [6, 6.07) is 0. The van der Waals surface area contributed by atoms with Gasteiger partial charge in [0, 0.05) is 19.5 Å². The van der Waals surface area contributed by atoms with Gasteiger partial charge in [-0.1, -0.05) is 0 Å². The maximum Gasteiger partial charge on any atom is 1.00 e. The van der Waals surface area contributed by atoms with Crippen molar-refractivity contribution in [1.29, 1.82) is 5.26 Å². The molecule has 0 aliphatic carbocycles. The quantitative estimate of drug-likeness (QED) is 0.280. The fraction of sp³-hybridized carbons (Fsp3) is 0. The monoisotopic (exact) mass is 167 g/mol. The molecule has 0 atom stereocenters. The Hall–Kier alpha value is 1.75. The Morgan fingerprint density at radius 2 is 1.25 bits per heavy atom. The molecular formula is CKNRu. The van der Waals surface area contributed by atoms with Crippen molar-refractivity contribution in [1.82, 2.24) is 0 Å². The van der Waals surface area contributed by atoms with Crippen molar-refractivity contribution in [3.63, 3.8) is 0 Å². The molecule has 0 aliphatic heterocycles. The van der Waals surface area contributed by atoms with E-state index in [0.29, 0.717) is 0 Å². The van der Waals surface area contributed by atoms with Crippen LogP contribution in [0.25, 0.3) is 0 Å². The zero-order valence-electron chi connectivity index (χ0n) is 2.30. The molecule has 0 heterocycles. The van der Waals surface area contributed by atoms with Gasteiger partial charge >= 0.3 is 51.4 Å². The summed E-state index contributed by atoms with van der Waals surface area (Å²) in [5.41, 5.74) is 0. The Morgan fingerprint density at radius 1 is 1.25 bits per heavy atom. The molecule has 0 saturated carbocycles. The van der Waals surface area contributed by atoms with E-state index < -0.39 is 0 Å². The molecule has 3 heteroatoms. The molecule has 0 fully saturated rings. The van der Waals surface area contributed by atoms with E-state index in [4.69, 9.17) is 11.8 Å². The van der Waals surface area contributed by atoms with Crippen LogP contribution in [0.3, 0.4) is 0 Å². The standard InChI is InChI=1S/CN.K.Ru/c1-2;;/q-1;+1;. The molecule has 18 valence electrons. The first-order chi connectivity index (χ1) is 1.00. The topological polar surface area (TPSA) is 23.8 Å². The fourth-order valence-electron chi connectivity index (χ4n) is 0. The van der Waals surface area contributed by atoms with E-state index in [1.165, 1.54) is 0 Å². The van der Waals surface area contributed by atoms with E-state index >= 15 is 0 Å². The third-order valence-corrected chi connectivity index (χ3v) is 0. The van der Waals surface area contributed by atoms with Crippen molar-refractivity contribution in [2.45, 2.75) is 0 Å². The van der Waals surface area contributed by atoms with Gasteiger partial charge in [-0.05, 0) is 0 Å². The average molecular weight is 166 g/mol. The molecule has 1 nitrogen and oxygen atoms in total. The molecule has 0 aromatic carbocycles. The molecule has 0 aromatic rings. The van der Waals surface area contributed by atoms with Crippen molar-refractivity contribution in [2.75, 3.05) is 0 Å². The van der Waals surface area contributed by atoms with Crippen molar-refractivity contribution in [3.05, 3.63) is 6.57 Å². The van der Waals surface area contributed by atoms with Gasteiger partial charge in [-0.25, -0.2) is 0 Å². The summed E-state index contributed by atoms with van der Waals surface area (Å²) in [5.74, 6) is 0. The summed E-state index contributed by atoms with van der Waals surface area (Å²) in [7, 11) is 0. The minimum absolute atomic E-state index is 0. The minimum atomic E-state index is 0. The van der Waals surface area contributed by atoms with Gasteiger partial charge in [0.2, 0.25) is 0 Å². The van der Waals surface area contributed by atoms with Gasteiger partial charge in [-0.15, -0.1) is 0 Å². The second kappa shape index (κ2) is 21.8. The molecule has 0 aromatic heterocycles. The number of hydrogen-bond donors (Lipinski definition) is 0. The molecule has 0 spiro atoms. The number of nitrogens with zero attached hydrogens (tertiary/aromatic N) is 1. The molecule has 0 rings (SSSR count). The summed E-state index contributed by atoms with van der Waals surface area (Å²) in [5, 5.41) is 6.25. The van der Waals surface area contributed by atoms with Crippen LogP contribution in [-0.2, 0) is 19.5 Å². The molecule has 0 N–H and O–H groups in total. The summed E-state index contributed by atoms with van der Waals surface area (Å²) in [6.45, 7) is 4.75. The van der Waals surface area contributed by atoms with E-state index in [1.54, 1.807) is 0 Å². The molecular weight excluding hydrogens is 166 g/mol. The van der Waals surface area contributed by atoms with Crippen LogP contribution in [-0.4, -0.2) is 0 Å². The Morgan fingerprint density at radius 3 is 1.25 bits per heavy atom. The third kappa shape index (κ3) is 9.26. The minimum Gasteiger partial charge on any atom is -0.512 e. The molecule has 0 amide bonds. The molecule has 0 radical (unpaired) electrons. The number of rotatable bonds is 0. The SMILES string of the molecule is [C-]#N.[K+].[Ru]. The van der Waals surface area contributed by atoms with Crippen LogP contribution in [0, 0.1) is 11.8 Å². The predicted octanol–water partition coefficient (Wildman–Crippen LogP) is -2.90. The summed E-state index contributed by atoms with van der Waals surface area (Å²) in [4.78, 5) is 0. The molecule has 4 heavy (non-hydrogen) atoms. The van der Waals surface area contributed by atoms with Crippen LogP contribution in [0.1, 0.15) is 0 Å². The number of hydrogen-bond acceptors (Lipinski definition) is 1. The van der Waals surface area contributed by atoms with Gasteiger partial charge in [0.25, 0.3) is 0 Å².